The van der Waals surface area contributed by atoms with Gasteiger partial charge in [0.05, 0.1) is 13.5 Å². The molecule has 0 aromatic carbocycles. The SMILES string of the molecule is COC(=O)C[C@H](C)NCCN1CCCCC1. The van der Waals surface area contributed by atoms with Gasteiger partial charge in [0, 0.05) is 19.1 Å². The summed E-state index contributed by atoms with van der Waals surface area (Å²) < 4.78 is 4.63. The fourth-order valence-corrected chi connectivity index (χ4v) is 2.06. The minimum absolute atomic E-state index is 0.141. The predicted octanol–water partition coefficient (Wildman–Crippen LogP) is 1.01. The summed E-state index contributed by atoms with van der Waals surface area (Å²) >= 11 is 0. The van der Waals surface area contributed by atoms with Crippen LogP contribution in [0.15, 0.2) is 0 Å². The van der Waals surface area contributed by atoms with Gasteiger partial charge in [0.15, 0.2) is 0 Å². The molecule has 1 atom stereocenters. The molecule has 1 aliphatic heterocycles. The number of rotatable bonds is 6. The van der Waals surface area contributed by atoms with Gasteiger partial charge in [-0.2, -0.15) is 0 Å². The quantitative estimate of drug-likeness (QED) is 0.689. The van der Waals surface area contributed by atoms with Crippen molar-refractivity contribution in [3.05, 3.63) is 0 Å². The van der Waals surface area contributed by atoms with E-state index < -0.39 is 0 Å². The number of ether oxygens (including phenoxy) is 1. The summed E-state index contributed by atoms with van der Waals surface area (Å²) in [6, 6.07) is 0.206. The molecule has 4 heteroatoms. The van der Waals surface area contributed by atoms with Crippen molar-refractivity contribution in [2.24, 2.45) is 0 Å². The molecule has 94 valence electrons. The molecule has 4 nitrogen and oxygen atoms in total. The summed E-state index contributed by atoms with van der Waals surface area (Å²) in [5.74, 6) is -0.141. The maximum Gasteiger partial charge on any atom is 0.307 e. The van der Waals surface area contributed by atoms with Crippen molar-refractivity contribution < 1.29 is 9.53 Å². The van der Waals surface area contributed by atoms with E-state index in [1.807, 2.05) is 6.92 Å². The molecule has 1 aliphatic rings. The Morgan fingerprint density at radius 1 is 1.38 bits per heavy atom. The number of methoxy groups -OCH3 is 1. The second kappa shape index (κ2) is 7.63. The Labute approximate surface area is 98.3 Å². The minimum Gasteiger partial charge on any atom is -0.469 e. The lowest BCUT2D eigenvalue weighted by atomic mass is 10.1. The molecule has 0 aromatic rings. The Kier molecular flexibility index (Phi) is 6.42. The van der Waals surface area contributed by atoms with E-state index in [0.717, 1.165) is 13.1 Å². The van der Waals surface area contributed by atoms with Gasteiger partial charge in [0.25, 0.3) is 0 Å². The van der Waals surface area contributed by atoms with Crippen molar-refractivity contribution >= 4 is 5.97 Å². The van der Waals surface area contributed by atoms with Gasteiger partial charge >= 0.3 is 5.97 Å². The number of hydrogen-bond donors (Lipinski definition) is 1. The van der Waals surface area contributed by atoms with Crippen LogP contribution in [0.1, 0.15) is 32.6 Å². The maximum atomic E-state index is 11.0. The number of likely N-dealkylation sites (tertiary alicyclic amines) is 1. The molecule has 1 fully saturated rings. The third-order valence-electron chi connectivity index (χ3n) is 3.07. The van der Waals surface area contributed by atoms with Gasteiger partial charge in [-0.3, -0.25) is 4.79 Å². The average Bonchev–Trinajstić information content (AvgIpc) is 2.30. The second-order valence-corrected chi connectivity index (χ2v) is 4.54. The van der Waals surface area contributed by atoms with E-state index >= 15 is 0 Å². The lowest BCUT2D eigenvalue weighted by molar-refractivity contribution is -0.141. The molecule has 0 spiro atoms. The average molecular weight is 228 g/mol. The van der Waals surface area contributed by atoms with E-state index in [1.165, 1.54) is 39.5 Å². The fourth-order valence-electron chi connectivity index (χ4n) is 2.06. The van der Waals surface area contributed by atoms with Gasteiger partial charge < -0.3 is 15.0 Å². The van der Waals surface area contributed by atoms with Crippen LogP contribution in [-0.4, -0.2) is 50.2 Å². The van der Waals surface area contributed by atoms with Crippen molar-refractivity contribution in [1.29, 1.82) is 0 Å². The molecule has 0 unspecified atom stereocenters. The number of piperidine rings is 1. The Morgan fingerprint density at radius 3 is 2.69 bits per heavy atom. The number of hydrogen-bond acceptors (Lipinski definition) is 4. The van der Waals surface area contributed by atoms with Crippen molar-refractivity contribution in [2.75, 3.05) is 33.3 Å². The number of esters is 1. The van der Waals surface area contributed by atoms with Gasteiger partial charge in [-0.05, 0) is 32.9 Å². The van der Waals surface area contributed by atoms with Gasteiger partial charge in [-0.1, -0.05) is 6.42 Å². The molecular formula is C12H24N2O2. The molecule has 16 heavy (non-hydrogen) atoms. The molecule has 0 saturated carbocycles. The fraction of sp³-hybridized carbons (Fsp3) is 0.917. The molecule has 1 rings (SSSR count). The van der Waals surface area contributed by atoms with E-state index in [4.69, 9.17) is 0 Å². The van der Waals surface area contributed by atoms with Crippen LogP contribution >= 0.6 is 0 Å². The van der Waals surface area contributed by atoms with Gasteiger partial charge in [-0.15, -0.1) is 0 Å². The van der Waals surface area contributed by atoms with Crippen molar-refractivity contribution in [1.82, 2.24) is 10.2 Å². The van der Waals surface area contributed by atoms with Crippen LogP contribution in [0.5, 0.6) is 0 Å². The Balaban J connectivity index is 2.03. The molecule has 0 bridgehead atoms. The minimum atomic E-state index is -0.141. The van der Waals surface area contributed by atoms with Crippen molar-refractivity contribution in [2.45, 2.75) is 38.6 Å². The van der Waals surface area contributed by atoms with Crippen LogP contribution < -0.4 is 5.32 Å². The summed E-state index contributed by atoms with van der Waals surface area (Å²) in [7, 11) is 1.43. The van der Waals surface area contributed by atoms with Gasteiger partial charge in [0.1, 0.15) is 0 Å². The smallest absolute Gasteiger partial charge is 0.307 e. The summed E-state index contributed by atoms with van der Waals surface area (Å²) in [6.45, 7) is 6.52. The number of nitrogens with one attached hydrogen (secondary N) is 1. The van der Waals surface area contributed by atoms with Gasteiger partial charge in [0.2, 0.25) is 0 Å². The number of nitrogens with zero attached hydrogens (tertiary/aromatic N) is 1. The number of carbonyl (C=O) groups is 1. The van der Waals surface area contributed by atoms with Crippen LogP contribution in [0, 0.1) is 0 Å². The topological polar surface area (TPSA) is 41.6 Å². The third-order valence-corrected chi connectivity index (χ3v) is 3.07. The highest BCUT2D eigenvalue weighted by Gasteiger charge is 2.11. The highest BCUT2D eigenvalue weighted by atomic mass is 16.5. The second-order valence-electron chi connectivity index (χ2n) is 4.54. The van der Waals surface area contributed by atoms with Crippen molar-refractivity contribution in [3.63, 3.8) is 0 Å². The van der Waals surface area contributed by atoms with Crippen LogP contribution in [0.4, 0.5) is 0 Å². The molecule has 1 N–H and O–H groups in total. The zero-order valence-electron chi connectivity index (χ0n) is 10.5. The maximum absolute atomic E-state index is 11.0. The Hall–Kier alpha value is -0.610. The van der Waals surface area contributed by atoms with E-state index in [-0.39, 0.29) is 12.0 Å². The third kappa shape index (κ3) is 5.47. The molecule has 1 saturated heterocycles. The summed E-state index contributed by atoms with van der Waals surface area (Å²) in [5, 5.41) is 3.35. The van der Waals surface area contributed by atoms with Gasteiger partial charge in [-0.25, -0.2) is 0 Å². The monoisotopic (exact) mass is 228 g/mol. The van der Waals surface area contributed by atoms with Crippen LogP contribution in [0.25, 0.3) is 0 Å². The van der Waals surface area contributed by atoms with E-state index in [9.17, 15) is 4.79 Å². The Morgan fingerprint density at radius 2 is 2.06 bits per heavy atom. The largest absolute Gasteiger partial charge is 0.469 e. The molecule has 1 heterocycles. The standard InChI is InChI=1S/C12H24N2O2/c1-11(10-12(15)16-2)13-6-9-14-7-4-3-5-8-14/h11,13H,3-10H2,1-2H3/t11-/m0/s1. The first kappa shape index (κ1) is 13.5. The molecular weight excluding hydrogens is 204 g/mol. The zero-order valence-corrected chi connectivity index (χ0v) is 10.5. The van der Waals surface area contributed by atoms with Crippen molar-refractivity contribution in [3.8, 4) is 0 Å². The van der Waals surface area contributed by atoms with E-state index in [2.05, 4.69) is 15.0 Å². The molecule has 0 radical (unpaired) electrons. The summed E-state index contributed by atoms with van der Waals surface area (Å²) in [5.41, 5.74) is 0. The zero-order chi connectivity index (χ0) is 11.8. The normalized spacial score (nSPS) is 19.4. The highest BCUT2D eigenvalue weighted by molar-refractivity contribution is 5.69. The first-order valence-corrected chi connectivity index (χ1v) is 6.25. The van der Waals surface area contributed by atoms with E-state index in [1.54, 1.807) is 0 Å². The predicted molar refractivity (Wildman–Crippen MR) is 64.4 cm³/mol. The first-order chi connectivity index (χ1) is 7.72. The van der Waals surface area contributed by atoms with E-state index in [0.29, 0.717) is 6.42 Å². The summed E-state index contributed by atoms with van der Waals surface area (Å²) in [4.78, 5) is 13.5. The molecule has 0 aliphatic carbocycles. The lowest BCUT2D eigenvalue weighted by Gasteiger charge is -2.27. The first-order valence-electron chi connectivity index (χ1n) is 6.25. The van der Waals surface area contributed by atoms with Crippen LogP contribution in [0.3, 0.4) is 0 Å². The summed E-state index contributed by atoms with van der Waals surface area (Å²) in [6.07, 6.45) is 4.49. The molecule has 0 aromatic heterocycles. The van der Waals surface area contributed by atoms with Crippen LogP contribution in [0.2, 0.25) is 0 Å². The molecule has 0 amide bonds. The Bertz CT molecular complexity index is 203. The lowest BCUT2D eigenvalue weighted by Crippen LogP contribution is -2.39. The van der Waals surface area contributed by atoms with Crippen LogP contribution in [-0.2, 0) is 9.53 Å². The highest BCUT2D eigenvalue weighted by Crippen LogP contribution is 2.07. The number of carbonyl (C=O) groups excluding carboxylic acids is 1.